The Labute approximate surface area is 201 Å². The smallest absolute Gasteiger partial charge is 0.189 e. The highest BCUT2D eigenvalue weighted by atomic mass is 32.1. The summed E-state index contributed by atoms with van der Waals surface area (Å²) in [6.07, 6.45) is 3.48. The van der Waals surface area contributed by atoms with Crippen LogP contribution in [0.15, 0.2) is 65.1 Å². The Morgan fingerprint density at radius 3 is 1.66 bits per heavy atom. The van der Waals surface area contributed by atoms with Gasteiger partial charge < -0.3 is 9.80 Å². The number of pyridine rings is 1. The van der Waals surface area contributed by atoms with Gasteiger partial charge in [0.2, 0.25) is 0 Å². The third-order valence-electron chi connectivity index (χ3n) is 4.83. The summed E-state index contributed by atoms with van der Waals surface area (Å²) in [6, 6.07) is 13.7. The van der Waals surface area contributed by atoms with Gasteiger partial charge in [-0.2, -0.15) is 10.2 Å². The largest absolute Gasteiger partial charge is 0.348 e. The second kappa shape index (κ2) is 13.5. The van der Waals surface area contributed by atoms with Gasteiger partial charge in [0.15, 0.2) is 10.2 Å². The predicted molar refractivity (Wildman–Crippen MR) is 141 cm³/mol. The molecule has 170 valence electrons. The molecule has 0 saturated heterocycles. The lowest BCUT2D eigenvalue weighted by Gasteiger charge is -2.22. The van der Waals surface area contributed by atoms with Gasteiger partial charge in [0, 0.05) is 49.7 Å². The van der Waals surface area contributed by atoms with Crippen molar-refractivity contribution in [3.63, 3.8) is 0 Å². The van der Waals surface area contributed by atoms with E-state index in [2.05, 4.69) is 53.7 Å². The average molecular weight is 470 g/mol. The molecule has 0 unspecified atom stereocenters. The maximum Gasteiger partial charge on any atom is 0.189 e. The monoisotopic (exact) mass is 469 g/mol. The summed E-state index contributed by atoms with van der Waals surface area (Å²) < 4.78 is 0. The minimum absolute atomic E-state index is 0.551. The molecule has 0 amide bonds. The van der Waals surface area contributed by atoms with E-state index in [4.69, 9.17) is 24.4 Å². The zero-order valence-electron chi connectivity index (χ0n) is 19.1. The van der Waals surface area contributed by atoms with E-state index >= 15 is 0 Å². The van der Waals surface area contributed by atoms with Gasteiger partial charge in [-0.25, -0.2) is 0 Å². The van der Waals surface area contributed by atoms with Crippen LogP contribution < -0.4 is 10.9 Å². The van der Waals surface area contributed by atoms with E-state index in [1.54, 1.807) is 12.4 Å². The van der Waals surface area contributed by atoms with Gasteiger partial charge in [-0.1, -0.05) is 30.3 Å². The maximum absolute atomic E-state index is 5.53. The van der Waals surface area contributed by atoms with Crippen LogP contribution in [0.4, 0.5) is 0 Å². The molecule has 0 bridgehead atoms. The summed E-state index contributed by atoms with van der Waals surface area (Å²) >= 11 is 11.1. The van der Waals surface area contributed by atoms with Crippen molar-refractivity contribution in [3.8, 4) is 0 Å². The molecule has 0 aliphatic rings. The van der Waals surface area contributed by atoms with Crippen LogP contribution in [-0.4, -0.2) is 62.6 Å². The van der Waals surface area contributed by atoms with Gasteiger partial charge >= 0.3 is 0 Å². The number of rotatable bonds is 9. The molecule has 1 heterocycles. The van der Waals surface area contributed by atoms with Crippen molar-refractivity contribution in [3.05, 3.63) is 66.0 Å². The van der Waals surface area contributed by atoms with E-state index in [1.807, 2.05) is 52.3 Å². The molecule has 7 nitrogen and oxygen atoms in total. The van der Waals surface area contributed by atoms with Crippen LogP contribution in [-0.2, 0) is 0 Å². The lowest BCUT2D eigenvalue weighted by Crippen LogP contribution is -2.39. The number of thiocarbonyl (C=S) groups is 2. The van der Waals surface area contributed by atoms with Crippen molar-refractivity contribution in [2.45, 2.75) is 27.7 Å². The fraction of sp³-hybridized carbons (Fsp3) is 0.348. The topological polar surface area (TPSA) is 68.2 Å². The highest BCUT2D eigenvalue weighted by Crippen LogP contribution is 2.10. The van der Waals surface area contributed by atoms with Crippen molar-refractivity contribution in [1.29, 1.82) is 0 Å². The molecule has 0 saturated carbocycles. The van der Waals surface area contributed by atoms with Crippen LogP contribution in [0.2, 0.25) is 0 Å². The van der Waals surface area contributed by atoms with Crippen LogP contribution in [0.1, 0.15) is 38.8 Å². The van der Waals surface area contributed by atoms with E-state index in [9.17, 15) is 0 Å². The molecular weight excluding hydrogens is 438 g/mol. The fourth-order valence-electron chi connectivity index (χ4n) is 2.98. The number of hydrazone groups is 2. The summed E-state index contributed by atoms with van der Waals surface area (Å²) in [6.45, 7) is 11.4. The van der Waals surface area contributed by atoms with Crippen LogP contribution >= 0.6 is 24.4 Å². The second-order valence-corrected chi connectivity index (χ2v) is 7.48. The Hall–Kier alpha value is -2.91. The maximum atomic E-state index is 5.53. The summed E-state index contributed by atoms with van der Waals surface area (Å²) in [7, 11) is 0. The van der Waals surface area contributed by atoms with Crippen LogP contribution in [0.3, 0.4) is 0 Å². The van der Waals surface area contributed by atoms with Crippen molar-refractivity contribution < 1.29 is 0 Å². The van der Waals surface area contributed by atoms with E-state index in [1.165, 1.54) is 0 Å². The zero-order valence-corrected chi connectivity index (χ0v) is 20.7. The first-order valence-corrected chi connectivity index (χ1v) is 11.6. The summed E-state index contributed by atoms with van der Waals surface area (Å²) in [5, 5.41) is 10.5. The Bertz CT molecular complexity index is 844. The molecule has 2 rings (SSSR count). The van der Waals surface area contributed by atoms with E-state index < -0.39 is 0 Å². The van der Waals surface area contributed by atoms with Crippen molar-refractivity contribution in [2.24, 2.45) is 10.2 Å². The van der Waals surface area contributed by atoms with E-state index in [-0.39, 0.29) is 0 Å². The highest BCUT2D eigenvalue weighted by molar-refractivity contribution is 7.80. The molecule has 0 radical (unpaired) electrons. The number of benzene rings is 1. The van der Waals surface area contributed by atoms with Crippen LogP contribution in [0, 0.1) is 0 Å². The number of nitrogens with one attached hydrogen (secondary N) is 2. The standard InChI is InChI=1S/C23H31N7S2/c1-5-29(6-2)22(31)27-25-20(18-13-10-9-11-14-18)21(19-15-12-16-24-17-19)26-28-23(32)30(7-3)8-4/h9-17H,5-8H2,1-4H3,(H,27,31)(H,28,32)/b25-20+,26-21+. The number of hydrogen-bond donors (Lipinski definition) is 2. The third kappa shape index (κ3) is 7.06. The molecule has 0 aliphatic carbocycles. The molecular formula is C23H31N7S2. The number of nitrogens with zero attached hydrogens (tertiary/aromatic N) is 5. The van der Waals surface area contributed by atoms with Gasteiger partial charge in [-0.05, 0) is 64.3 Å². The van der Waals surface area contributed by atoms with Gasteiger partial charge in [-0.15, -0.1) is 0 Å². The minimum Gasteiger partial charge on any atom is -0.348 e. The van der Waals surface area contributed by atoms with Crippen LogP contribution in [0.25, 0.3) is 0 Å². The van der Waals surface area contributed by atoms with Crippen molar-refractivity contribution in [1.82, 2.24) is 25.6 Å². The molecule has 2 N–H and O–H groups in total. The molecule has 1 aromatic carbocycles. The molecule has 0 aliphatic heterocycles. The highest BCUT2D eigenvalue weighted by Gasteiger charge is 2.17. The van der Waals surface area contributed by atoms with Crippen molar-refractivity contribution >= 4 is 46.1 Å². The summed E-state index contributed by atoms with van der Waals surface area (Å²) in [5.74, 6) is 0. The Morgan fingerprint density at radius 2 is 1.22 bits per heavy atom. The van der Waals surface area contributed by atoms with Gasteiger partial charge in [0.05, 0.1) is 0 Å². The van der Waals surface area contributed by atoms with E-state index in [0.29, 0.717) is 21.6 Å². The summed E-state index contributed by atoms with van der Waals surface area (Å²) in [4.78, 5) is 8.31. The predicted octanol–water partition coefficient (Wildman–Crippen LogP) is 3.62. The Kier molecular flexibility index (Phi) is 10.7. The number of aromatic nitrogens is 1. The Morgan fingerprint density at radius 1 is 0.750 bits per heavy atom. The average Bonchev–Trinajstić information content (AvgIpc) is 2.83. The molecule has 9 heteroatoms. The molecule has 0 atom stereocenters. The van der Waals surface area contributed by atoms with E-state index in [0.717, 1.165) is 37.3 Å². The number of hydrogen-bond acceptors (Lipinski definition) is 5. The quantitative estimate of drug-likeness (QED) is 0.330. The molecule has 0 spiro atoms. The first-order valence-electron chi connectivity index (χ1n) is 10.8. The fourth-order valence-corrected chi connectivity index (χ4v) is 3.59. The molecule has 2 aromatic rings. The second-order valence-electron chi connectivity index (χ2n) is 6.71. The zero-order chi connectivity index (χ0) is 23.3. The van der Waals surface area contributed by atoms with Crippen LogP contribution in [0.5, 0.6) is 0 Å². The lowest BCUT2D eigenvalue weighted by atomic mass is 10.0. The minimum atomic E-state index is 0.551. The normalized spacial score (nSPS) is 11.6. The first kappa shape index (κ1) is 25.4. The van der Waals surface area contributed by atoms with Gasteiger partial charge in [0.25, 0.3) is 0 Å². The van der Waals surface area contributed by atoms with Crippen molar-refractivity contribution in [2.75, 3.05) is 26.2 Å². The third-order valence-corrected chi connectivity index (χ3v) is 5.53. The van der Waals surface area contributed by atoms with Gasteiger partial charge in [0.1, 0.15) is 11.4 Å². The molecule has 1 aromatic heterocycles. The molecule has 32 heavy (non-hydrogen) atoms. The lowest BCUT2D eigenvalue weighted by molar-refractivity contribution is 0.457. The SMILES string of the molecule is CCN(CC)C(=S)N/N=C(/C(=N/NC(=S)N(CC)CC)c1cccnc1)c1ccccc1. The molecule has 0 fully saturated rings. The Balaban J connectivity index is 2.52. The van der Waals surface area contributed by atoms with Gasteiger partial charge in [-0.3, -0.25) is 15.8 Å². The first-order chi connectivity index (χ1) is 15.5. The summed E-state index contributed by atoms with van der Waals surface area (Å²) in [5.41, 5.74) is 9.00.